The minimum atomic E-state index is -1.10. The lowest BCUT2D eigenvalue weighted by Crippen LogP contribution is -2.58. The molecule has 1 saturated heterocycles. The standard InChI is InChI=1S/C29H38N6O6/c30-21(17-19-8-11-20(36)12-9-19)27(39)34-23-7-4-16-32-25(37)15-14-22(26(31)38)33-29(41)24(35-28(23)40)13-10-18-5-2-1-3-6-18/h1-3,5-6,8-9,11-12,21-24,36H,4,7,10,13-17,30H2,(H2,31,38)(H,32,37)(H,33,41)(H,34,39)(H,35,40)/t21-,22-,23+,24+/m0/s1. The summed E-state index contributed by atoms with van der Waals surface area (Å²) in [6.07, 6.45) is 1.38. The zero-order chi connectivity index (χ0) is 29.8. The van der Waals surface area contributed by atoms with Crippen LogP contribution in [0.25, 0.3) is 0 Å². The van der Waals surface area contributed by atoms with Crippen LogP contribution in [0.3, 0.4) is 0 Å². The second-order valence-electron chi connectivity index (χ2n) is 10.1. The van der Waals surface area contributed by atoms with Crippen LogP contribution in [0.2, 0.25) is 0 Å². The van der Waals surface area contributed by atoms with Crippen molar-refractivity contribution in [1.29, 1.82) is 0 Å². The number of carbonyl (C=O) groups excluding carboxylic acids is 5. The van der Waals surface area contributed by atoms with Crippen molar-refractivity contribution in [2.24, 2.45) is 11.5 Å². The van der Waals surface area contributed by atoms with Crippen LogP contribution in [0, 0.1) is 0 Å². The van der Waals surface area contributed by atoms with Gasteiger partial charge in [-0.15, -0.1) is 0 Å². The molecular weight excluding hydrogens is 528 g/mol. The lowest BCUT2D eigenvalue weighted by molar-refractivity contribution is -0.134. The topological polar surface area (TPSA) is 206 Å². The Morgan fingerprint density at radius 3 is 2.34 bits per heavy atom. The molecule has 1 fully saturated rings. The number of benzene rings is 2. The van der Waals surface area contributed by atoms with Crippen LogP contribution in [-0.4, -0.2) is 65.4 Å². The second-order valence-corrected chi connectivity index (χ2v) is 10.1. The van der Waals surface area contributed by atoms with Crippen molar-refractivity contribution in [2.45, 2.75) is 69.1 Å². The number of hydrogen-bond acceptors (Lipinski definition) is 7. The van der Waals surface area contributed by atoms with E-state index >= 15 is 0 Å². The first-order valence-electron chi connectivity index (χ1n) is 13.7. The Morgan fingerprint density at radius 2 is 1.66 bits per heavy atom. The van der Waals surface area contributed by atoms with Crippen LogP contribution in [0.4, 0.5) is 0 Å². The molecule has 0 unspecified atom stereocenters. The van der Waals surface area contributed by atoms with Crippen molar-refractivity contribution in [3.8, 4) is 5.75 Å². The minimum absolute atomic E-state index is 0.0177. The van der Waals surface area contributed by atoms with Gasteiger partial charge in [0, 0.05) is 13.0 Å². The van der Waals surface area contributed by atoms with E-state index in [1.54, 1.807) is 12.1 Å². The summed E-state index contributed by atoms with van der Waals surface area (Å²) in [5.41, 5.74) is 13.3. The number of amides is 5. The zero-order valence-electron chi connectivity index (χ0n) is 22.8. The Bertz CT molecular complexity index is 1210. The van der Waals surface area contributed by atoms with E-state index < -0.39 is 47.8 Å². The van der Waals surface area contributed by atoms with E-state index in [2.05, 4.69) is 21.3 Å². The Hall–Kier alpha value is -4.45. The fourth-order valence-electron chi connectivity index (χ4n) is 4.48. The van der Waals surface area contributed by atoms with Gasteiger partial charge in [0.05, 0.1) is 6.04 Å². The average molecular weight is 567 g/mol. The molecule has 12 heteroatoms. The smallest absolute Gasteiger partial charge is 0.243 e. The van der Waals surface area contributed by atoms with Gasteiger partial charge < -0.3 is 37.8 Å². The first-order valence-corrected chi connectivity index (χ1v) is 13.7. The van der Waals surface area contributed by atoms with Gasteiger partial charge in [-0.05, 0) is 61.8 Å². The molecule has 41 heavy (non-hydrogen) atoms. The summed E-state index contributed by atoms with van der Waals surface area (Å²) in [7, 11) is 0. The molecule has 2 aromatic rings. The van der Waals surface area contributed by atoms with Crippen LogP contribution >= 0.6 is 0 Å². The normalized spacial score (nSPS) is 21.4. The molecule has 0 bridgehead atoms. The number of hydrogen-bond donors (Lipinski definition) is 7. The summed E-state index contributed by atoms with van der Waals surface area (Å²) in [6, 6.07) is 11.5. The molecule has 3 rings (SSSR count). The summed E-state index contributed by atoms with van der Waals surface area (Å²) >= 11 is 0. The van der Waals surface area contributed by atoms with Gasteiger partial charge in [0.2, 0.25) is 29.5 Å². The Balaban J connectivity index is 1.77. The van der Waals surface area contributed by atoms with Crippen molar-refractivity contribution >= 4 is 29.5 Å². The van der Waals surface area contributed by atoms with Crippen molar-refractivity contribution in [2.75, 3.05) is 6.54 Å². The maximum absolute atomic E-state index is 13.4. The lowest BCUT2D eigenvalue weighted by Gasteiger charge is -2.26. The van der Waals surface area contributed by atoms with Crippen LogP contribution in [0.5, 0.6) is 5.75 Å². The number of aryl methyl sites for hydroxylation is 1. The average Bonchev–Trinajstić information content (AvgIpc) is 2.95. The number of nitrogens with two attached hydrogens (primary N) is 2. The number of primary amides is 1. The van der Waals surface area contributed by atoms with Gasteiger partial charge in [-0.3, -0.25) is 24.0 Å². The van der Waals surface area contributed by atoms with Crippen LogP contribution in [-0.2, 0) is 36.8 Å². The van der Waals surface area contributed by atoms with Gasteiger partial charge >= 0.3 is 0 Å². The highest BCUT2D eigenvalue weighted by Gasteiger charge is 2.30. The molecule has 0 saturated carbocycles. The summed E-state index contributed by atoms with van der Waals surface area (Å²) < 4.78 is 0. The predicted molar refractivity (Wildman–Crippen MR) is 151 cm³/mol. The molecule has 0 aliphatic carbocycles. The number of carbonyl (C=O) groups is 5. The third-order valence-electron chi connectivity index (χ3n) is 6.87. The van der Waals surface area contributed by atoms with E-state index in [0.717, 1.165) is 11.1 Å². The lowest BCUT2D eigenvalue weighted by atomic mass is 10.0. The first-order chi connectivity index (χ1) is 19.6. The van der Waals surface area contributed by atoms with Crippen LogP contribution < -0.4 is 32.7 Å². The molecule has 1 aliphatic heterocycles. The molecule has 9 N–H and O–H groups in total. The number of nitrogens with one attached hydrogen (secondary N) is 4. The molecule has 5 amide bonds. The minimum Gasteiger partial charge on any atom is -0.508 e. The number of phenols is 1. The van der Waals surface area contributed by atoms with Gasteiger partial charge in [0.15, 0.2) is 0 Å². The van der Waals surface area contributed by atoms with Gasteiger partial charge in [0.25, 0.3) is 0 Å². The van der Waals surface area contributed by atoms with Crippen molar-refractivity contribution in [1.82, 2.24) is 21.3 Å². The van der Waals surface area contributed by atoms with Crippen molar-refractivity contribution < 1.29 is 29.1 Å². The third-order valence-corrected chi connectivity index (χ3v) is 6.87. The Labute approximate surface area is 238 Å². The summed E-state index contributed by atoms with van der Waals surface area (Å²) in [5, 5.41) is 20.2. The van der Waals surface area contributed by atoms with Gasteiger partial charge in [-0.1, -0.05) is 42.5 Å². The monoisotopic (exact) mass is 566 g/mol. The predicted octanol–water partition coefficient (Wildman–Crippen LogP) is -0.475. The Kier molecular flexibility index (Phi) is 11.6. The molecule has 12 nitrogen and oxygen atoms in total. The molecule has 4 atom stereocenters. The highest BCUT2D eigenvalue weighted by Crippen LogP contribution is 2.12. The maximum Gasteiger partial charge on any atom is 0.243 e. The van der Waals surface area contributed by atoms with E-state index in [-0.39, 0.29) is 50.3 Å². The molecule has 220 valence electrons. The molecular formula is C29H38N6O6. The van der Waals surface area contributed by atoms with Crippen LogP contribution in [0.15, 0.2) is 54.6 Å². The second kappa shape index (κ2) is 15.4. The first kappa shape index (κ1) is 31.1. The van der Waals surface area contributed by atoms with Crippen LogP contribution in [0.1, 0.15) is 43.2 Å². The highest BCUT2D eigenvalue weighted by atomic mass is 16.3. The highest BCUT2D eigenvalue weighted by molar-refractivity contribution is 5.94. The van der Waals surface area contributed by atoms with E-state index in [0.29, 0.717) is 12.8 Å². The summed E-state index contributed by atoms with van der Waals surface area (Å²) in [4.78, 5) is 63.9. The Morgan fingerprint density at radius 1 is 0.951 bits per heavy atom. The molecule has 1 aliphatic rings. The molecule has 2 aromatic carbocycles. The molecule has 0 radical (unpaired) electrons. The fraction of sp³-hybridized carbons (Fsp3) is 0.414. The maximum atomic E-state index is 13.4. The quantitative estimate of drug-likeness (QED) is 0.223. The molecule has 0 spiro atoms. The van der Waals surface area contributed by atoms with Gasteiger partial charge in [-0.25, -0.2) is 0 Å². The summed E-state index contributed by atoms with van der Waals surface area (Å²) in [5.74, 6) is -2.82. The fourth-order valence-corrected chi connectivity index (χ4v) is 4.48. The van der Waals surface area contributed by atoms with Crippen molar-refractivity contribution in [3.05, 3.63) is 65.7 Å². The number of rotatable bonds is 8. The van der Waals surface area contributed by atoms with Gasteiger partial charge in [-0.2, -0.15) is 0 Å². The van der Waals surface area contributed by atoms with E-state index in [1.807, 2.05) is 30.3 Å². The summed E-state index contributed by atoms with van der Waals surface area (Å²) in [6.45, 7) is 0.239. The van der Waals surface area contributed by atoms with Gasteiger partial charge in [0.1, 0.15) is 23.9 Å². The van der Waals surface area contributed by atoms with Crippen molar-refractivity contribution in [3.63, 3.8) is 0 Å². The largest absolute Gasteiger partial charge is 0.508 e. The van der Waals surface area contributed by atoms with E-state index in [1.165, 1.54) is 12.1 Å². The molecule has 0 aromatic heterocycles. The van der Waals surface area contributed by atoms with E-state index in [4.69, 9.17) is 11.5 Å². The number of phenolic OH excluding ortho intramolecular Hbond substituents is 1. The van der Waals surface area contributed by atoms with E-state index in [9.17, 15) is 29.1 Å². The number of aromatic hydroxyl groups is 1. The zero-order valence-corrected chi connectivity index (χ0v) is 22.8. The molecule has 1 heterocycles. The third kappa shape index (κ3) is 10.2. The SMILES string of the molecule is NC(=O)[C@@H]1CCC(=O)NCCC[C@@H](NC(=O)[C@@H](N)Cc2ccc(O)cc2)C(=O)N[C@H](CCc2ccccc2)C(=O)N1.